The number of nitrogens with zero attached hydrogens (tertiary/aromatic N) is 5. The van der Waals surface area contributed by atoms with Crippen LogP contribution in [0.2, 0.25) is 0 Å². The Labute approximate surface area is 220 Å². The molecule has 0 spiro atoms. The van der Waals surface area contributed by atoms with E-state index >= 15 is 0 Å². The van der Waals surface area contributed by atoms with Crippen molar-refractivity contribution in [2.45, 2.75) is 26.8 Å². The fourth-order valence-corrected chi connectivity index (χ4v) is 5.17. The average Bonchev–Trinajstić information content (AvgIpc) is 3.57. The van der Waals surface area contributed by atoms with Gasteiger partial charge in [0.2, 0.25) is 0 Å². The highest BCUT2D eigenvalue weighted by Gasteiger charge is 2.20. The van der Waals surface area contributed by atoms with Crippen LogP contribution in [0, 0.1) is 5.92 Å². The van der Waals surface area contributed by atoms with Crippen molar-refractivity contribution in [3.8, 4) is 21.8 Å². The van der Waals surface area contributed by atoms with E-state index in [0.717, 1.165) is 49.0 Å². The van der Waals surface area contributed by atoms with E-state index in [0.29, 0.717) is 35.2 Å². The van der Waals surface area contributed by atoms with Crippen LogP contribution in [0.25, 0.3) is 27.5 Å². The number of fused-ring (bicyclic) bond motifs is 1. The number of carbonyl (C=O) groups excluding carboxylic acids is 1. The number of amides is 1. The molecular formula is C27H33N7O2S. The summed E-state index contributed by atoms with van der Waals surface area (Å²) in [4.78, 5) is 26.4. The number of pyridine rings is 1. The van der Waals surface area contributed by atoms with Gasteiger partial charge in [0.25, 0.3) is 5.91 Å². The van der Waals surface area contributed by atoms with Crippen molar-refractivity contribution in [1.82, 2.24) is 29.8 Å². The minimum absolute atomic E-state index is 0.124. The Morgan fingerprint density at radius 2 is 2.05 bits per heavy atom. The molecule has 0 aromatic carbocycles. The lowest BCUT2D eigenvalue weighted by Crippen LogP contribution is -2.42. The molecule has 0 radical (unpaired) electrons. The van der Waals surface area contributed by atoms with Gasteiger partial charge in [-0.3, -0.25) is 9.69 Å². The topological polar surface area (TPSA) is 96.7 Å². The maximum atomic E-state index is 13.3. The summed E-state index contributed by atoms with van der Waals surface area (Å²) in [5.41, 5.74) is 3.57. The third kappa shape index (κ3) is 5.66. The van der Waals surface area contributed by atoms with E-state index in [-0.39, 0.29) is 11.9 Å². The molecule has 1 saturated heterocycles. The molecule has 1 aliphatic rings. The lowest BCUT2D eigenvalue weighted by atomic mass is 10.1. The van der Waals surface area contributed by atoms with Gasteiger partial charge in [0.05, 0.1) is 41.2 Å². The highest BCUT2D eigenvalue weighted by molar-refractivity contribution is 7.13. The SMILES string of the molecule is CCN(CC)C(C)CNC(=O)c1cc(NCC2COC2)nc(-c2cnn3ccc(-c4cccs4)nc23)c1. The third-order valence-corrected chi connectivity index (χ3v) is 7.67. The first-order valence-electron chi connectivity index (χ1n) is 12.8. The normalized spacial score (nSPS) is 14.6. The quantitative estimate of drug-likeness (QED) is 0.309. The highest BCUT2D eigenvalue weighted by Crippen LogP contribution is 2.28. The van der Waals surface area contributed by atoms with Crippen molar-refractivity contribution in [2.24, 2.45) is 5.92 Å². The number of hydrogen-bond acceptors (Lipinski definition) is 8. The van der Waals surface area contributed by atoms with Crippen LogP contribution in [0.15, 0.2) is 48.1 Å². The summed E-state index contributed by atoms with van der Waals surface area (Å²) in [5, 5.41) is 13.0. The molecule has 1 unspecified atom stereocenters. The van der Waals surface area contributed by atoms with Crippen molar-refractivity contribution in [1.29, 1.82) is 0 Å². The van der Waals surface area contributed by atoms with Gasteiger partial charge in [-0.05, 0) is 49.7 Å². The molecule has 2 N–H and O–H groups in total. The maximum Gasteiger partial charge on any atom is 0.251 e. The number of rotatable bonds is 11. The van der Waals surface area contributed by atoms with E-state index in [1.165, 1.54) is 0 Å². The van der Waals surface area contributed by atoms with Crippen LogP contribution in [-0.2, 0) is 4.74 Å². The number of thiophene rings is 1. The van der Waals surface area contributed by atoms with E-state index in [1.807, 2.05) is 41.9 Å². The zero-order valence-corrected chi connectivity index (χ0v) is 22.3. The zero-order chi connectivity index (χ0) is 25.8. The van der Waals surface area contributed by atoms with Crippen molar-refractivity contribution in [3.63, 3.8) is 0 Å². The predicted octanol–water partition coefficient (Wildman–Crippen LogP) is 4.04. The van der Waals surface area contributed by atoms with Crippen LogP contribution in [-0.4, -0.2) is 75.8 Å². The zero-order valence-electron chi connectivity index (χ0n) is 21.5. The van der Waals surface area contributed by atoms with E-state index in [9.17, 15) is 4.79 Å². The lowest BCUT2D eigenvalue weighted by molar-refractivity contribution is -0.0248. The second-order valence-electron chi connectivity index (χ2n) is 9.31. The molecule has 10 heteroatoms. The minimum Gasteiger partial charge on any atom is -0.381 e. The standard InChI is InChI=1S/C27H33N7O2S/c1-4-33(5-2)18(3)13-29-27(35)20-11-23(31-25(12-20)28-14-19-16-36-17-19)21-15-30-34-9-8-22(32-26(21)34)24-7-6-10-37-24/h6-12,15,18-19H,4-5,13-14,16-17H2,1-3H3,(H,28,31)(H,29,35). The first kappa shape index (κ1) is 25.3. The first-order chi connectivity index (χ1) is 18.1. The van der Waals surface area contributed by atoms with Crippen LogP contribution in [0.5, 0.6) is 0 Å². The summed E-state index contributed by atoms with van der Waals surface area (Å²) >= 11 is 1.64. The Morgan fingerprint density at radius 3 is 2.76 bits per heavy atom. The molecule has 194 valence electrons. The fourth-order valence-electron chi connectivity index (χ4n) is 4.47. The molecule has 0 aliphatic carbocycles. The minimum atomic E-state index is -0.124. The van der Waals surface area contributed by atoms with Crippen molar-refractivity contribution in [2.75, 3.05) is 44.7 Å². The van der Waals surface area contributed by atoms with Gasteiger partial charge < -0.3 is 15.4 Å². The largest absolute Gasteiger partial charge is 0.381 e. The fraction of sp³-hybridized carbons (Fsp3) is 0.407. The molecule has 4 aromatic rings. The molecule has 5 heterocycles. The van der Waals surface area contributed by atoms with Crippen LogP contribution >= 0.6 is 11.3 Å². The van der Waals surface area contributed by atoms with E-state index < -0.39 is 0 Å². The van der Waals surface area contributed by atoms with Gasteiger partial charge in [-0.25, -0.2) is 14.5 Å². The van der Waals surface area contributed by atoms with Gasteiger partial charge in [0, 0.05) is 36.8 Å². The Balaban J connectivity index is 1.46. The molecule has 1 amide bonds. The van der Waals surface area contributed by atoms with Gasteiger partial charge in [-0.15, -0.1) is 11.3 Å². The Bertz CT molecular complexity index is 1350. The molecule has 9 nitrogen and oxygen atoms in total. The predicted molar refractivity (Wildman–Crippen MR) is 147 cm³/mol. The lowest BCUT2D eigenvalue weighted by Gasteiger charge is -2.27. The van der Waals surface area contributed by atoms with Gasteiger partial charge in [-0.2, -0.15) is 5.10 Å². The first-order valence-corrected chi connectivity index (χ1v) is 13.7. The Hall–Kier alpha value is -3.34. The average molecular weight is 520 g/mol. The smallest absolute Gasteiger partial charge is 0.251 e. The summed E-state index contributed by atoms with van der Waals surface area (Å²) < 4.78 is 7.04. The van der Waals surface area contributed by atoms with Crippen molar-refractivity contribution >= 4 is 28.7 Å². The molecule has 1 aliphatic heterocycles. The number of nitrogens with one attached hydrogen (secondary N) is 2. The number of aromatic nitrogens is 4. The molecular weight excluding hydrogens is 486 g/mol. The summed E-state index contributed by atoms with van der Waals surface area (Å²) in [7, 11) is 0. The van der Waals surface area contributed by atoms with Crippen LogP contribution in [0.1, 0.15) is 31.1 Å². The van der Waals surface area contributed by atoms with E-state index in [4.69, 9.17) is 14.7 Å². The van der Waals surface area contributed by atoms with Gasteiger partial charge in [0.15, 0.2) is 5.65 Å². The van der Waals surface area contributed by atoms with Gasteiger partial charge in [-0.1, -0.05) is 19.9 Å². The molecule has 0 bridgehead atoms. The molecule has 4 aromatic heterocycles. The monoisotopic (exact) mass is 519 g/mol. The molecule has 5 rings (SSSR count). The highest BCUT2D eigenvalue weighted by atomic mass is 32.1. The number of ether oxygens (including phenoxy) is 1. The summed E-state index contributed by atoms with van der Waals surface area (Å²) in [6.45, 7) is 11.1. The van der Waals surface area contributed by atoms with Crippen LogP contribution in [0.3, 0.4) is 0 Å². The van der Waals surface area contributed by atoms with Crippen molar-refractivity contribution in [3.05, 3.63) is 53.7 Å². The number of carbonyl (C=O) groups is 1. The Kier molecular flexibility index (Phi) is 7.78. The van der Waals surface area contributed by atoms with Crippen LogP contribution < -0.4 is 10.6 Å². The second kappa shape index (κ2) is 11.4. The van der Waals surface area contributed by atoms with Crippen molar-refractivity contribution < 1.29 is 9.53 Å². The third-order valence-electron chi connectivity index (χ3n) is 6.78. The van der Waals surface area contributed by atoms with E-state index in [1.54, 1.807) is 22.0 Å². The van der Waals surface area contributed by atoms with Crippen LogP contribution in [0.4, 0.5) is 5.82 Å². The number of likely N-dealkylation sites (N-methyl/N-ethyl adjacent to an activating group) is 1. The molecule has 1 atom stereocenters. The van der Waals surface area contributed by atoms with Gasteiger partial charge in [0.1, 0.15) is 5.82 Å². The Morgan fingerprint density at radius 1 is 1.22 bits per heavy atom. The van der Waals surface area contributed by atoms with Gasteiger partial charge >= 0.3 is 0 Å². The molecule has 37 heavy (non-hydrogen) atoms. The maximum absolute atomic E-state index is 13.3. The summed E-state index contributed by atoms with van der Waals surface area (Å²) in [6.07, 6.45) is 3.67. The second-order valence-corrected chi connectivity index (χ2v) is 10.3. The molecule has 1 fully saturated rings. The summed E-state index contributed by atoms with van der Waals surface area (Å²) in [5.74, 6) is 0.978. The summed E-state index contributed by atoms with van der Waals surface area (Å²) in [6, 6.07) is 9.91. The van der Waals surface area contributed by atoms with E-state index in [2.05, 4.69) is 41.4 Å². The number of hydrogen-bond donors (Lipinski definition) is 2. The molecule has 0 saturated carbocycles. The number of anilines is 1.